The van der Waals surface area contributed by atoms with Gasteiger partial charge >= 0.3 is 0 Å². The summed E-state index contributed by atoms with van der Waals surface area (Å²) in [5, 5.41) is 2.94. The lowest BCUT2D eigenvalue weighted by Crippen LogP contribution is -2.41. The molecule has 0 spiro atoms. The molecule has 1 heterocycles. The first-order valence-corrected chi connectivity index (χ1v) is 14.3. The predicted octanol–water partition coefficient (Wildman–Crippen LogP) is 2.59. The van der Waals surface area contributed by atoms with Crippen molar-refractivity contribution < 1.29 is 4.79 Å². The molecule has 0 saturated heterocycles. The molecule has 1 amide bonds. The highest BCUT2D eigenvalue weighted by atomic mass is 32.1. The Balaban J connectivity index is 3.31. The zero-order chi connectivity index (χ0) is 14.1. The number of hydrogen-bond acceptors (Lipinski definition) is 2. The molecular formula is C13H25NOSSi2. The van der Waals surface area contributed by atoms with Crippen molar-refractivity contribution in [2.24, 2.45) is 0 Å². The van der Waals surface area contributed by atoms with Gasteiger partial charge in [0.15, 0.2) is 0 Å². The normalized spacial score (nSPS) is 12.6. The maximum atomic E-state index is 12.2. The summed E-state index contributed by atoms with van der Waals surface area (Å²) in [6, 6.07) is 2.16. The standard InChI is InChI=1S/C13H25NOSSi2/c1-8-14-12(15)10-9-11(17(2,3)4)16-13(10)18(5,6)7/h9H,8H2,1-7H3,(H,14,15). The molecule has 5 heteroatoms. The van der Waals surface area contributed by atoms with Crippen molar-refractivity contribution in [3.8, 4) is 0 Å². The number of thiophene rings is 1. The number of hydrogen-bond donors (Lipinski definition) is 1. The molecular weight excluding hydrogens is 274 g/mol. The van der Waals surface area contributed by atoms with E-state index in [2.05, 4.69) is 50.7 Å². The van der Waals surface area contributed by atoms with E-state index in [1.54, 1.807) is 0 Å². The van der Waals surface area contributed by atoms with Crippen LogP contribution in [0.15, 0.2) is 6.07 Å². The first kappa shape index (κ1) is 15.7. The minimum Gasteiger partial charge on any atom is -0.352 e. The van der Waals surface area contributed by atoms with Crippen LogP contribution in [0, 0.1) is 0 Å². The van der Waals surface area contributed by atoms with Crippen LogP contribution in [0.2, 0.25) is 39.3 Å². The maximum Gasteiger partial charge on any atom is 0.251 e. The molecule has 102 valence electrons. The zero-order valence-electron chi connectivity index (χ0n) is 12.6. The van der Waals surface area contributed by atoms with E-state index in [1.165, 1.54) is 9.00 Å². The Morgan fingerprint density at radius 3 is 2.11 bits per heavy atom. The summed E-state index contributed by atoms with van der Waals surface area (Å²) in [5.41, 5.74) is 0.943. The lowest BCUT2D eigenvalue weighted by Gasteiger charge is -2.16. The average molecular weight is 300 g/mol. The maximum absolute atomic E-state index is 12.2. The third-order valence-electron chi connectivity index (χ3n) is 2.73. The fraction of sp³-hybridized carbons (Fsp3) is 0.615. The van der Waals surface area contributed by atoms with Gasteiger partial charge < -0.3 is 5.32 Å². The van der Waals surface area contributed by atoms with Gasteiger partial charge in [0.25, 0.3) is 5.91 Å². The molecule has 0 radical (unpaired) electrons. The lowest BCUT2D eigenvalue weighted by atomic mass is 10.3. The Hall–Kier alpha value is -0.396. The van der Waals surface area contributed by atoms with Crippen LogP contribution < -0.4 is 14.3 Å². The average Bonchev–Trinajstić information content (AvgIpc) is 2.60. The molecule has 0 aromatic carbocycles. The first-order chi connectivity index (χ1) is 8.07. The molecule has 0 unspecified atom stereocenters. The summed E-state index contributed by atoms with van der Waals surface area (Å²) in [4.78, 5) is 12.2. The Bertz CT molecular complexity index is 441. The van der Waals surface area contributed by atoms with Crippen molar-refractivity contribution in [2.75, 3.05) is 6.54 Å². The molecule has 0 bridgehead atoms. The van der Waals surface area contributed by atoms with Crippen LogP contribution in [0.5, 0.6) is 0 Å². The molecule has 2 nitrogen and oxygen atoms in total. The monoisotopic (exact) mass is 299 g/mol. The second kappa shape index (κ2) is 5.31. The van der Waals surface area contributed by atoms with Gasteiger partial charge in [-0.05, 0) is 17.5 Å². The number of nitrogens with one attached hydrogen (secondary N) is 1. The molecule has 0 aliphatic carbocycles. The van der Waals surface area contributed by atoms with E-state index in [0.717, 1.165) is 5.56 Å². The SMILES string of the molecule is CCNC(=O)c1cc([Si](C)(C)C)sc1[Si](C)(C)C. The van der Waals surface area contributed by atoms with Gasteiger partial charge in [0, 0.05) is 16.6 Å². The quantitative estimate of drug-likeness (QED) is 0.851. The van der Waals surface area contributed by atoms with Crippen LogP contribution >= 0.6 is 11.3 Å². The van der Waals surface area contributed by atoms with E-state index in [4.69, 9.17) is 0 Å². The van der Waals surface area contributed by atoms with Gasteiger partial charge in [-0.1, -0.05) is 39.3 Å². The van der Waals surface area contributed by atoms with E-state index < -0.39 is 16.1 Å². The van der Waals surface area contributed by atoms with Crippen LogP contribution in [0.4, 0.5) is 0 Å². The van der Waals surface area contributed by atoms with E-state index >= 15 is 0 Å². The van der Waals surface area contributed by atoms with Crippen molar-refractivity contribution in [1.82, 2.24) is 5.32 Å². The summed E-state index contributed by atoms with van der Waals surface area (Å²) < 4.78 is 2.80. The predicted molar refractivity (Wildman–Crippen MR) is 88.3 cm³/mol. The first-order valence-electron chi connectivity index (χ1n) is 6.50. The topological polar surface area (TPSA) is 29.1 Å². The second-order valence-corrected chi connectivity index (χ2v) is 18.5. The van der Waals surface area contributed by atoms with Gasteiger partial charge in [0.2, 0.25) is 0 Å². The van der Waals surface area contributed by atoms with Crippen molar-refractivity contribution in [2.45, 2.75) is 46.2 Å². The molecule has 0 aliphatic heterocycles. The Kier molecular flexibility index (Phi) is 4.62. The van der Waals surface area contributed by atoms with Gasteiger partial charge in [0.1, 0.15) is 0 Å². The lowest BCUT2D eigenvalue weighted by molar-refractivity contribution is 0.0957. The van der Waals surface area contributed by atoms with Gasteiger partial charge in [-0.25, -0.2) is 0 Å². The molecule has 1 aromatic rings. The Morgan fingerprint density at radius 1 is 1.17 bits per heavy atom. The highest BCUT2D eigenvalue weighted by Crippen LogP contribution is 2.15. The highest BCUT2D eigenvalue weighted by molar-refractivity contribution is 7.35. The molecule has 0 fully saturated rings. The van der Waals surface area contributed by atoms with E-state index in [0.29, 0.717) is 6.54 Å². The Labute approximate surface area is 117 Å². The number of carbonyl (C=O) groups excluding carboxylic acids is 1. The smallest absolute Gasteiger partial charge is 0.251 e. The van der Waals surface area contributed by atoms with Gasteiger partial charge in [-0.2, -0.15) is 11.3 Å². The number of amides is 1. The van der Waals surface area contributed by atoms with Crippen LogP contribution in [-0.4, -0.2) is 28.6 Å². The third kappa shape index (κ3) is 3.55. The molecule has 1 rings (SSSR count). The zero-order valence-corrected chi connectivity index (χ0v) is 15.4. The van der Waals surface area contributed by atoms with Crippen LogP contribution in [0.3, 0.4) is 0 Å². The molecule has 0 aliphatic rings. The van der Waals surface area contributed by atoms with E-state index in [1.807, 2.05) is 18.3 Å². The summed E-state index contributed by atoms with van der Waals surface area (Å²) in [7, 11) is -2.78. The summed E-state index contributed by atoms with van der Waals surface area (Å²) in [5.74, 6) is 0.107. The Morgan fingerprint density at radius 2 is 1.72 bits per heavy atom. The fourth-order valence-electron chi connectivity index (χ4n) is 1.74. The number of rotatable bonds is 4. The summed E-state index contributed by atoms with van der Waals surface area (Å²) >= 11 is 1.89. The van der Waals surface area contributed by atoms with Crippen molar-refractivity contribution >= 4 is 42.4 Å². The van der Waals surface area contributed by atoms with E-state index in [-0.39, 0.29) is 5.91 Å². The van der Waals surface area contributed by atoms with Gasteiger partial charge in [0.05, 0.1) is 16.1 Å². The highest BCUT2D eigenvalue weighted by Gasteiger charge is 2.30. The minimum absolute atomic E-state index is 0.107. The van der Waals surface area contributed by atoms with Crippen LogP contribution in [0.25, 0.3) is 0 Å². The summed E-state index contributed by atoms with van der Waals surface area (Å²) in [6.07, 6.45) is 0. The fourth-order valence-corrected chi connectivity index (χ4v) is 7.36. The van der Waals surface area contributed by atoms with Crippen molar-refractivity contribution in [3.05, 3.63) is 11.6 Å². The van der Waals surface area contributed by atoms with Crippen molar-refractivity contribution in [1.29, 1.82) is 0 Å². The molecule has 1 N–H and O–H groups in total. The van der Waals surface area contributed by atoms with E-state index in [9.17, 15) is 4.79 Å². The van der Waals surface area contributed by atoms with Crippen LogP contribution in [0.1, 0.15) is 17.3 Å². The summed E-state index contributed by atoms with van der Waals surface area (Å²) in [6.45, 7) is 16.6. The molecule has 18 heavy (non-hydrogen) atoms. The largest absolute Gasteiger partial charge is 0.352 e. The molecule has 0 atom stereocenters. The van der Waals surface area contributed by atoms with Gasteiger partial charge in [-0.15, -0.1) is 0 Å². The molecule has 1 aromatic heterocycles. The molecule has 0 saturated carbocycles. The number of carbonyl (C=O) groups is 1. The van der Waals surface area contributed by atoms with Crippen LogP contribution in [-0.2, 0) is 0 Å². The third-order valence-corrected chi connectivity index (χ3v) is 11.0. The second-order valence-electron chi connectivity index (χ2n) is 6.71. The van der Waals surface area contributed by atoms with Gasteiger partial charge in [-0.3, -0.25) is 4.79 Å². The minimum atomic E-state index is -1.45. The van der Waals surface area contributed by atoms with Crippen molar-refractivity contribution in [3.63, 3.8) is 0 Å².